The molecule has 1 saturated heterocycles. The van der Waals surface area contributed by atoms with Crippen LogP contribution in [0, 0.1) is 26.7 Å². The average molecular weight is 491 g/mol. The molecule has 1 aliphatic heterocycles. The first-order valence-electron chi connectivity index (χ1n) is 12.2. The van der Waals surface area contributed by atoms with Crippen LogP contribution in [0.15, 0.2) is 77.7 Å². The van der Waals surface area contributed by atoms with Crippen molar-refractivity contribution in [3.8, 4) is 0 Å². The molecule has 0 N–H and O–H groups in total. The molecular formula is C29H34N2O3S. The second-order valence-electron chi connectivity index (χ2n) is 9.60. The molecule has 1 aliphatic rings. The molecule has 0 radical (unpaired) electrons. The van der Waals surface area contributed by atoms with Crippen molar-refractivity contribution in [1.82, 2.24) is 9.21 Å². The number of aryl methyl sites for hydroxylation is 3. The van der Waals surface area contributed by atoms with Gasteiger partial charge in [0.1, 0.15) is 0 Å². The first-order chi connectivity index (χ1) is 16.8. The molecule has 0 unspecified atom stereocenters. The number of benzene rings is 3. The average Bonchev–Trinajstić information content (AvgIpc) is 2.84. The van der Waals surface area contributed by atoms with Crippen molar-refractivity contribution >= 4 is 15.9 Å². The molecule has 0 aromatic heterocycles. The van der Waals surface area contributed by atoms with Gasteiger partial charge in [0.15, 0.2) is 0 Å². The summed E-state index contributed by atoms with van der Waals surface area (Å²) in [7, 11) is -3.69. The highest BCUT2D eigenvalue weighted by Gasteiger charge is 2.36. The van der Waals surface area contributed by atoms with Crippen LogP contribution in [0.25, 0.3) is 0 Å². The minimum atomic E-state index is -3.69. The van der Waals surface area contributed by atoms with Crippen LogP contribution < -0.4 is 0 Å². The third-order valence-corrected chi connectivity index (χ3v) is 8.85. The lowest BCUT2D eigenvalue weighted by atomic mass is 9.97. The Morgan fingerprint density at radius 3 is 1.91 bits per heavy atom. The molecule has 1 heterocycles. The number of piperidine rings is 1. The highest BCUT2D eigenvalue weighted by molar-refractivity contribution is 7.89. The third-order valence-electron chi connectivity index (χ3n) is 6.68. The van der Waals surface area contributed by atoms with Crippen LogP contribution in [-0.4, -0.2) is 36.6 Å². The SMILES string of the molecule is Cc1cc(C)c(S(=O)(=O)N2CCC[C@H](C(=O)N(Cc3ccccc3)Cc3ccccc3)C2)c(C)c1. The molecule has 35 heavy (non-hydrogen) atoms. The van der Waals surface area contributed by atoms with E-state index >= 15 is 0 Å². The summed E-state index contributed by atoms with van der Waals surface area (Å²) in [6.45, 7) is 7.31. The van der Waals surface area contributed by atoms with E-state index in [1.165, 1.54) is 4.31 Å². The van der Waals surface area contributed by atoms with E-state index in [1.807, 2.05) is 98.5 Å². The number of sulfonamides is 1. The summed E-state index contributed by atoms with van der Waals surface area (Å²) in [5.41, 5.74) is 4.67. The van der Waals surface area contributed by atoms with Gasteiger partial charge in [-0.3, -0.25) is 4.79 Å². The Labute approximate surface area is 209 Å². The molecule has 5 nitrogen and oxygen atoms in total. The van der Waals surface area contributed by atoms with Crippen LogP contribution in [0.2, 0.25) is 0 Å². The molecule has 3 aromatic carbocycles. The first kappa shape index (κ1) is 25.1. The summed E-state index contributed by atoms with van der Waals surface area (Å²) in [4.78, 5) is 16.0. The van der Waals surface area contributed by atoms with E-state index in [9.17, 15) is 13.2 Å². The van der Waals surface area contributed by atoms with E-state index in [1.54, 1.807) is 0 Å². The smallest absolute Gasteiger partial charge is 0.243 e. The summed E-state index contributed by atoms with van der Waals surface area (Å²) in [5.74, 6) is -0.355. The van der Waals surface area contributed by atoms with E-state index < -0.39 is 10.0 Å². The Bertz CT molecular complexity index is 1210. The highest BCUT2D eigenvalue weighted by Crippen LogP contribution is 2.30. The lowest BCUT2D eigenvalue weighted by Gasteiger charge is -2.35. The first-order valence-corrected chi connectivity index (χ1v) is 13.6. The van der Waals surface area contributed by atoms with Crippen LogP contribution >= 0.6 is 0 Å². The Kier molecular flexibility index (Phi) is 7.72. The minimum absolute atomic E-state index is 0.00922. The number of hydrogen-bond donors (Lipinski definition) is 0. The van der Waals surface area contributed by atoms with Gasteiger partial charge in [0.2, 0.25) is 15.9 Å². The van der Waals surface area contributed by atoms with Crippen molar-refractivity contribution in [3.05, 3.63) is 101 Å². The summed E-state index contributed by atoms with van der Waals surface area (Å²) in [6, 6.07) is 23.7. The second-order valence-corrected chi connectivity index (χ2v) is 11.5. The maximum Gasteiger partial charge on any atom is 0.243 e. The van der Waals surface area contributed by atoms with Gasteiger partial charge in [0, 0.05) is 26.2 Å². The van der Waals surface area contributed by atoms with Crippen LogP contribution in [0.5, 0.6) is 0 Å². The van der Waals surface area contributed by atoms with Crippen molar-refractivity contribution in [2.45, 2.75) is 51.6 Å². The summed E-state index contributed by atoms with van der Waals surface area (Å²) >= 11 is 0. The van der Waals surface area contributed by atoms with Gasteiger partial charge in [-0.05, 0) is 55.9 Å². The van der Waals surface area contributed by atoms with Gasteiger partial charge in [-0.1, -0.05) is 78.4 Å². The largest absolute Gasteiger partial charge is 0.334 e. The van der Waals surface area contributed by atoms with Gasteiger partial charge >= 0.3 is 0 Å². The van der Waals surface area contributed by atoms with Crippen LogP contribution in [0.1, 0.15) is 40.7 Å². The number of carbonyl (C=O) groups excluding carboxylic acids is 1. The molecule has 0 saturated carbocycles. The van der Waals surface area contributed by atoms with Crippen molar-refractivity contribution in [3.63, 3.8) is 0 Å². The van der Waals surface area contributed by atoms with Gasteiger partial charge in [-0.2, -0.15) is 4.31 Å². The number of amides is 1. The molecule has 0 aliphatic carbocycles. The van der Waals surface area contributed by atoms with E-state index in [0.29, 0.717) is 37.4 Å². The number of hydrogen-bond acceptors (Lipinski definition) is 3. The Morgan fingerprint density at radius 1 is 0.886 bits per heavy atom. The fourth-order valence-corrected chi connectivity index (χ4v) is 7.08. The highest BCUT2D eigenvalue weighted by atomic mass is 32.2. The quantitative estimate of drug-likeness (QED) is 0.455. The molecule has 0 spiro atoms. The summed E-state index contributed by atoms with van der Waals surface area (Å²) in [6.07, 6.45) is 1.36. The molecule has 1 fully saturated rings. The van der Waals surface area contributed by atoms with Crippen molar-refractivity contribution in [1.29, 1.82) is 0 Å². The Hall–Kier alpha value is -2.96. The Balaban J connectivity index is 1.58. The topological polar surface area (TPSA) is 57.7 Å². The maximum atomic E-state index is 13.8. The summed E-state index contributed by atoms with van der Waals surface area (Å²) < 4.78 is 28.8. The number of rotatable bonds is 7. The molecular weight excluding hydrogens is 456 g/mol. The fraction of sp³-hybridized carbons (Fsp3) is 0.345. The zero-order chi connectivity index (χ0) is 25.0. The monoisotopic (exact) mass is 490 g/mol. The van der Waals surface area contributed by atoms with Gasteiger partial charge in [-0.25, -0.2) is 8.42 Å². The van der Waals surface area contributed by atoms with Crippen LogP contribution in [-0.2, 0) is 27.9 Å². The molecule has 6 heteroatoms. The van der Waals surface area contributed by atoms with Gasteiger partial charge in [0.05, 0.1) is 10.8 Å². The minimum Gasteiger partial charge on any atom is -0.334 e. The van der Waals surface area contributed by atoms with Crippen LogP contribution in [0.3, 0.4) is 0 Å². The maximum absolute atomic E-state index is 13.8. The van der Waals surface area contributed by atoms with E-state index in [2.05, 4.69) is 0 Å². The Morgan fingerprint density at radius 2 is 1.40 bits per heavy atom. The zero-order valence-corrected chi connectivity index (χ0v) is 21.6. The lowest BCUT2D eigenvalue weighted by molar-refractivity contribution is -0.138. The molecule has 3 aromatic rings. The van der Waals surface area contributed by atoms with Crippen molar-refractivity contribution in [2.75, 3.05) is 13.1 Å². The van der Waals surface area contributed by atoms with Gasteiger partial charge < -0.3 is 4.90 Å². The van der Waals surface area contributed by atoms with E-state index in [-0.39, 0.29) is 18.4 Å². The third kappa shape index (κ3) is 5.82. The van der Waals surface area contributed by atoms with E-state index in [0.717, 1.165) is 27.8 Å². The van der Waals surface area contributed by atoms with Crippen molar-refractivity contribution < 1.29 is 13.2 Å². The zero-order valence-electron chi connectivity index (χ0n) is 20.8. The van der Waals surface area contributed by atoms with Crippen LogP contribution in [0.4, 0.5) is 0 Å². The van der Waals surface area contributed by atoms with Gasteiger partial charge in [-0.15, -0.1) is 0 Å². The number of carbonyl (C=O) groups is 1. The molecule has 0 bridgehead atoms. The van der Waals surface area contributed by atoms with E-state index in [4.69, 9.17) is 0 Å². The lowest BCUT2D eigenvalue weighted by Crippen LogP contribution is -2.46. The number of nitrogens with zero attached hydrogens (tertiary/aromatic N) is 2. The summed E-state index contributed by atoms with van der Waals surface area (Å²) in [5, 5.41) is 0. The van der Waals surface area contributed by atoms with Crippen molar-refractivity contribution in [2.24, 2.45) is 5.92 Å². The molecule has 1 amide bonds. The standard InChI is InChI=1S/C29H34N2O3S/c1-22-17-23(2)28(24(3)18-22)35(33,34)31-16-10-15-27(21-31)29(32)30(19-25-11-6-4-7-12-25)20-26-13-8-5-9-14-26/h4-9,11-14,17-18,27H,10,15-16,19-21H2,1-3H3/t27-/m0/s1. The normalized spacial score (nSPS) is 16.7. The second kappa shape index (κ2) is 10.8. The fourth-order valence-electron chi connectivity index (χ4n) is 5.14. The molecule has 4 rings (SSSR count). The molecule has 184 valence electrons. The molecule has 1 atom stereocenters. The predicted molar refractivity (Wildman–Crippen MR) is 139 cm³/mol. The van der Waals surface area contributed by atoms with Gasteiger partial charge in [0.25, 0.3) is 0 Å². The predicted octanol–water partition coefficient (Wildman–Crippen LogP) is 5.24.